The van der Waals surface area contributed by atoms with Crippen LogP contribution in [-0.4, -0.2) is 5.11 Å². The van der Waals surface area contributed by atoms with Crippen LogP contribution >= 0.6 is 12.2 Å². The molecule has 2 N–H and O–H groups in total. The van der Waals surface area contributed by atoms with Gasteiger partial charge < -0.3 is 15.4 Å². The van der Waals surface area contributed by atoms with Crippen molar-refractivity contribution in [2.75, 3.05) is 5.32 Å². The maximum Gasteiger partial charge on any atom is 0.171 e. The highest BCUT2D eigenvalue weighted by Gasteiger charge is 2.01. The molecule has 0 radical (unpaired) electrons. The lowest BCUT2D eigenvalue weighted by molar-refractivity contribution is 0.107. The van der Waals surface area contributed by atoms with Crippen LogP contribution in [-0.2, 0) is 24.5 Å². The van der Waals surface area contributed by atoms with Crippen LogP contribution in [0.3, 0.4) is 0 Å². The minimum absolute atomic E-state index is 0.607. The number of rotatable bonds is 7. The van der Waals surface area contributed by atoms with E-state index < -0.39 is 0 Å². The molecule has 0 spiro atoms. The summed E-state index contributed by atoms with van der Waals surface area (Å²) in [6, 6.07) is 26.7. The van der Waals surface area contributed by atoms with Crippen LogP contribution in [0.15, 0.2) is 78.9 Å². The van der Waals surface area contributed by atoms with Crippen molar-refractivity contribution >= 4 is 23.0 Å². The normalized spacial score (nSPS) is 10.4. The van der Waals surface area contributed by atoms with E-state index in [-0.39, 0.29) is 0 Å². The maximum absolute atomic E-state index is 5.77. The first kappa shape index (κ1) is 19.1. The quantitative estimate of drug-likeness (QED) is 0.556. The third-order valence-corrected chi connectivity index (χ3v) is 4.50. The molecule has 0 atom stereocenters. The molecule has 0 aliphatic heterocycles. The topological polar surface area (TPSA) is 33.3 Å². The van der Waals surface area contributed by atoms with Crippen LogP contribution in [0.4, 0.5) is 5.69 Å². The Kier molecular flexibility index (Phi) is 6.97. The number of aryl methyl sites for hydroxylation is 1. The van der Waals surface area contributed by atoms with E-state index in [2.05, 4.69) is 60.0 Å². The summed E-state index contributed by atoms with van der Waals surface area (Å²) in [5, 5.41) is 7.11. The van der Waals surface area contributed by atoms with Gasteiger partial charge in [0.25, 0.3) is 0 Å². The van der Waals surface area contributed by atoms with E-state index in [0.717, 1.165) is 11.3 Å². The van der Waals surface area contributed by atoms with Crippen LogP contribution in [0, 0.1) is 6.92 Å². The summed E-state index contributed by atoms with van der Waals surface area (Å²) in [4.78, 5) is 0. The Morgan fingerprint density at radius 2 is 1.37 bits per heavy atom. The van der Waals surface area contributed by atoms with Gasteiger partial charge in [0.1, 0.15) is 0 Å². The lowest BCUT2D eigenvalue weighted by Crippen LogP contribution is -2.28. The Morgan fingerprint density at radius 3 is 2.07 bits per heavy atom. The molecular formula is C23H24N2OS. The van der Waals surface area contributed by atoms with Gasteiger partial charge in [-0.15, -0.1) is 0 Å². The van der Waals surface area contributed by atoms with Crippen molar-refractivity contribution in [3.05, 3.63) is 101 Å². The Labute approximate surface area is 166 Å². The Hall–Kier alpha value is -2.69. The Bertz CT molecular complexity index is 863. The molecule has 3 nitrogen and oxygen atoms in total. The van der Waals surface area contributed by atoms with Crippen LogP contribution in [0.5, 0.6) is 0 Å². The van der Waals surface area contributed by atoms with E-state index in [4.69, 9.17) is 17.0 Å². The number of anilines is 1. The molecule has 27 heavy (non-hydrogen) atoms. The molecule has 0 heterocycles. The van der Waals surface area contributed by atoms with Gasteiger partial charge in [-0.05, 0) is 47.5 Å². The van der Waals surface area contributed by atoms with E-state index in [1.54, 1.807) is 0 Å². The monoisotopic (exact) mass is 376 g/mol. The second-order valence-electron chi connectivity index (χ2n) is 6.42. The summed E-state index contributed by atoms with van der Waals surface area (Å²) in [6.07, 6.45) is 0. The van der Waals surface area contributed by atoms with Gasteiger partial charge in [-0.3, -0.25) is 0 Å². The fourth-order valence-corrected chi connectivity index (χ4v) is 2.86. The van der Waals surface area contributed by atoms with Gasteiger partial charge in [0, 0.05) is 12.2 Å². The molecule has 0 fully saturated rings. The number of benzene rings is 3. The van der Waals surface area contributed by atoms with Gasteiger partial charge in [0.05, 0.1) is 13.2 Å². The van der Waals surface area contributed by atoms with Crippen molar-refractivity contribution < 1.29 is 4.74 Å². The Balaban J connectivity index is 1.42. The molecule has 3 aromatic rings. The van der Waals surface area contributed by atoms with E-state index in [1.807, 2.05) is 36.4 Å². The van der Waals surface area contributed by atoms with Gasteiger partial charge in [-0.2, -0.15) is 0 Å². The first-order valence-electron chi connectivity index (χ1n) is 9.01. The highest BCUT2D eigenvalue weighted by Crippen LogP contribution is 2.13. The summed E-state index contributed by atoms with van der Waals surface area (Å²) in [6.45, 7) is 3.98. The van der Waals surface area contributed by atoms with Gasteiger partial charge >= 0.3 is 0 Å². The molecule has 0 bridgehead atoms. The molecule has 0 aromatic heterocycles. The van der Waals surface area contributed by atoms with Gasteiger partial charge in [-0.25, -0.2) is 0 Å². The van der Waals surface area contributed by atoms with Crippen molar-refractivity contribution in [3.63, 3.8) is 0 Å². The zero-order valence-corrected chi connectivity index (χ0v) is 16.3. The van der Waals surface area contributed by atoms with Crippen molar-refractivity contribution in [1.29, 1.82) is 0 Å². The number of para-hydroxylation sites is 1. The van der Waals surface area contributed by atoms with Gasteiger partial charge in [0.2, 0.25) is 0 Å². The zero-order chi connectivity index (χ0) is 18.9. The molecule has 138 valence electrons. The minimum atomic E-state index is 0.607. The van der Waals surface area contributed by atoms with Crippen molar-refractivity contribution in [2.24, 2.45) is 0 Å². The lowest BCUT2D eigenvalue weighted by Gasteiger charge is -2.12. The molecule has 3 rings (SSSR count). The fraction of sp³-hybridized carbons (Fsp3) is 0.174. The molecular weight excluding hydrogens is 352 g/mol. The van der Waals surface area contributed by atoms with Crippen LogP contribution in [0.1, 0.15) is 22.3 Å². The zero-order valence-electron chi connectivity index (χ0n) is 15.4. The van der Waals surface area contributed by atoms with Crippen molar-refractivity contribution in [3.8, 4) is 0 Å². The highest BCUT2D eigenvalue weighted by atomic mass is 32.1. The molecule has 0 aliphatic carbocycles. The average Bonchev–Trinajstić information content (AvgIpc) is 2.70. The first-order valence-corrected chi connectivity index (χ1v) is 9.41. The molecule has 0 saturated carbocycles. The number of hydrogen-bond acceptors (Lipinski definition) is 2. The van der Waals surface area contributed by atoms with Crippen molar-refractivity contribution in [1.82, 2.24) is 5.32 Å². The molecule has 0 amide bonds. The summed E-state index contributed by atoms with van der Waals surface area (Å²) in [5.74, 6) is 0. The SMILES string of the molecule is Cc1ccccc1NC(=S)NCc1ccc(COCc2ccccc2)cc1. The van der Waals surface area contributed by atoms with E-state index in [0.29, 0.717) is 24.9 Å². The predicted octanol–water partition coefficient (Wildman–Crippen LogP) is 5.20. The largest absolute Gasteiger partial charge is 0.372 e. The van der Waals surface area contributed by atoms with Crippen LogP contribution in [0.2, 0.25) is 0 Å². The van der Waals surface area contributed by atoms with E-state index in [1.165, 1.54) is 16.7 Å². The Morgan fingerprint density at radius 1 is 0.778 bits per heavy atom. The predicted molar refractivity (Wildman–Crippen MR) is 116 cm³/mol. The van der Waals surface area contributed by atoms with E-state index in [9.17, 15) is 0 Å². The first-order chi connectivity index (χ1) is 13.2. The maximum atomic E-state index is 5.77. The molecule has 0 aliphatic rings. The number of ether oxygens (including phenoxy) is 1. The van der Waals surface area contributed by atoms with Gasteiger partial charge in [0.15, 0.2) is 5.11 Å². The van der Waals surface area contributed by atoms with Crippen LogP contribution < -0.4 is 10.6 Å². The lowest BCUT2D eigenvalue weighted by atomic mass is 10.1. The van der Waals surface area contributed by atoms with Gasteiger partial charge in [-0.1, -0.05) is 72.8 Å². The van der Waals surface area contributed by atoms with E-state index >= 15 is 0 Å². The third-order valence-electron chi connectivity index (χ3n) is 4.25. The molecule has 4 heteroatoms. The third kappa shape index (κ3) is 6.20. The fourth-order valence-electron chi connectivity index (χ4n) is 2.68. The number of hydrogen-bond donors (Lipinski definition) is 2. The second-order valence-corrected chi connectivity index (χ2v) is 6.83. The molecule has 0 saturated heterocycles. The average molecular weight is 377 g/mol. The second kappa shape index (κ2) is 9.86. The molecule has 0 unspecified atom stereocenters. The number of thiocarbonyl (C=S) groups is 1. The van der Waals surface area contributed by atoms with Crippen LogP contribution in [0.25, 0.3) is 0 Å². The standard InChI is InChI=1S/C23H24N2OS/c1-18-7-5-6-10-22(18)25-23(27)24-15-19-11-13-21(14-12-19)17-26-16-20-8-3-2-4-9-20/h2-14H,15-17H2,1H3,(H2,24,25,27). The minimum Gasteiger partial charge on any atom is -0.372 e. The smallest absolute Gasteiger partial charge is 0.171 e. The summed E-state index contributed by atoms with van der Waals surface area (Å²) in [5.41, 5.74) is 5.72. The summed E-state index contributed by atoms with van der Waals surface area (Å²) in [7, 11) is 0. The number of nitrogens with one attached hydrogen (secondary N) is 2. The van der Waals surface area contributed by atoms with Crippen molar-refractivity contribution in [2.45, 2.75) is 26.7 Å². The summed E-state index contributed by atoms with van der Waals surface area (Å²) < 4.78 is 5.77. The summed E-state index contributed by atoms with van der Waals surface area (Å²) >= 11 is 5.38. The molecule has 3 aromatic carbocycles. The highest BCUT2D eigenvalue weighted by molar-refractivity contribution is 7.80.